The molecule has 0 aliphatic heterocycles. The lowest BCUT2D eigenvalue weighted by atomic mass is 10.3. The van der Waals surface area contributed by atoms with E-state index in [9.17, 15) is 4.79 Å². The molecule has 0 aliphatic rings. The molecule has 1 aromatic heterocycles. The number of aromatic nitrogens is 3. The van der Waals surface area contributed by atoms with Gasteiger partial charge in [-0.1, -0.05) is 11.3 Å². The summed E-state index contributed by atoms with van der Waals surface area (Å²) in [7, 11) is 1.57. The predicted molar refractivity (Wildman–Crippen MR) is 69.5 cm³/mol. The van der Waals surface area contributed by atoms with Crippen LogP contribution >= 0.6 is 0 Å². The number of hydrogen-bond donors (Lipinski definition) is 2. The summed E-state index contributed by atoms with van der Waals surface area (Å²) in [6.07, 6.45) is 1.64. The summed E-state index contributed by atoms with van der Waals surface area (Å²) in [4.78, 5) is 11.8. The fraction of sp³-hybridized carbons (Fsp3) is 0.250. The number of carbonyl (C=O) groups is 1. The number of amides is 1. The number of rotatable bonds is 5. The molecule has 0 aliphatic carbocycles. The maximum absolute atomic E-state index is 11.8. The fourth-order valence-corrected chi connectivity index (χ4v) is 1.56. The van der Waals surface area contributed by atoms with E-state index >= 15 is 0 Å². The molecule has 7 heteroatoms. The van der Waals surface area contributed by atoms with E-state index in [1.54, 1.807) is 37.6 Å². The summed E-state index contributed by atoms with van der Waals surface area (Å²) in [6.45, 7) is 0.391. The molecule has 100 valence electrons. The van der Waals surface area contributed by atoms with Gasteiger partial charge >= 0.3 is 0 Å². The topological polar surface area (TPSA) is 95.1 Å². The third-order valence-electron chi connectivity index (χ3n) is 2.45. The first-order valence-electron chi connectivity index (χ1n) is 5.74. The van der Waals surface area contributed by atoms with E-state index in [0.29, 0.717) is 23.7 Å². The molecule has 0 radical (unpaired) electrons. The van der Waals surface area contributed by atoms with E-state index < -0.39 is 0 Å². The first-order valence-corrected chi connectivity index (χ1v) is 5.74. The normalized spacial score (nSPS) is 10.2. The van der Waals surface area contributed by atoms with Crippen LogP contribution < -0.4 is 15.8 Å². The molecule has 0 bridgehead atoms. The number of methoxy groups -OCH3 is 1. The molecule has 0 unspecified atom stereocenters. The largest absolute Gasteiger partial charge is 0.497 e. The zero-order chi connectivity index (χ0) is 13.7. The van der Waals surface area contributed by atoms with E-state index in [2.05, 4.69) is 15.6 Å². The lowest BCUT2D eigenvalue weighted by molar-refractivity contribution is -0.116. The van der Waals surface area contributed by atoms with Crippen molar-refractivity contribution >= 4 is 11.6 Å². The highest BCUT2D eigenvalue weighted by molar-refractivity contribution is 5.90. The van der Waals surface area contributed by atoms with E-state index in [1.807, 2.05) is 0 Å². The quantitative estimate of drug-likeness (QED) is 0.811. The van der Waals surface area contributed by atoms with Crippen molar-refractivity contribution in [3.8, 4) is 5.75 Å². The minimum Gasteiger partial charge on any atom is -0.497 e. The molecular formula is C12H15N5O2. The summed E-state index contributed by atoms with van der Waals surface area (Å²) in [6, 6.07) is 7.13. The number of anilines is 1. The van der Waals surface area contributed by atoms with Crippen LogP contribution in [0.3, 0.4) is 0 Å². The second-order valence-electron chi connectivity index (χ2n) is 3.89. The number of ether oxygens (including phenoxy) is 1. The number of carbonyl (C=O) groups excluding carboxylic acids is 1. The van der Waals surface area contributed by atoms with Crippen molar-refractivity contribution in [3.05, 3.63) is 36.2 Å². The van der Waals surface area contributed by atoms with Crippen molar-refractivity contribution < 1.29 is 9.53 Å². The van der Waals surface area contributed by atoms with Crippen LogP contribution in [0, 0.1) is 0 Å². The average molecular weight is 261 g/mol. The van der Waals surface area contributed by atoms with Gasteiger partial charge in [-0.05, 0) is 12.1 Å². The molecule has 1 amide bonds. The highest BCUT2D eigenvalue weighted by Crippen LogP contribution is 2.16. The predicted octanol–water partition coefficient (Wildman–Crippen LogP) is 0.384. The fourth-order valence-electron chi connectivity index (χ4n) is 1.56. The molecule has 0 saturated carbocycles. The summed E-state index contributed by atoms with van der Waals surface area (Å²) < 4.78 is 6.52. The van der Waals surface area contributed by atoms with Crippen molar-refractivity contribution in [3.63, 3.8) is 0 Å². The Morgan fingerprint density at radius 1 is 1.53 bits per heavy atom. The molecule has 7 nitrogen and oxygen atoms in total. The van der Waals surface area contributed by atoms with Gasteiger partial charge in [0.2, 0.25) is 5.91 Å². The maximum Gasteiger partial charge on any atom is 0.246 e. The molecule has 1 aromatic carbocycles. The molecule has 1 heterocycles. The number of hydrogen-bond acceptors (Lipinski definition) is 5. The second kappa shape index (κ2) is 5.96. The Labute approximate surface area is 110 Å². The number of nitrogens with two attached hydrogens (primary N) is 1. The lowest BCUT2D eigenvalue weighted by Crippen LogP contribution is -2.19. The molecule has 0 spiro atoms. The van der Waals surface area contributed by atoms with Crippen LogP contribution in [0.4, 0.5) is 5.69 Å². The Bertz CT molecular complexity index is 567. The van der Waals surface area contributed by atoms with Crippen molar-refractivity contribution in [1.82, 2.24) is 15.0 Å². The third kappa shape index (κ3) is 3.52. The molecule has 0 atom stereocenters. The molecule has 0 saturated heterocycles. The monoisotopic (exact) mass is 261 g/mol. The van der Waals surface area contributed by atoms with E-state index in [1.165, 1.54) is 4.68 Å². The van der Waals surface area contributed by atoms with Crippen LogP contribution in [-0.4, -0.2) is 28.0 Å². The van der Waals surface area contributed by atoms with Crippen molar-refractivity contribution in [1.29, 1.82) is 0 Å². The van der Waals surface area contributed by atoms with Gasteiger partial charge in [0, 0.05) is 18.3 Å². The highest BCUT2D eigenvalue weighted by atomic mass is 16.5. The summed E-state index contributed by atoms with van der Waals surface area (Å²) in [5.41, 5.74) is 6.74. The minimum atomic E-state index is -0.193. The Morgan fingerprint density at radius 3 is 3.05 bits per heavy atom. The standard InChI is InChI=1S/C12H15N5O2/c1-19-11-4-2-3-9(5-11)14-12(18)8-17-7-10(6-13)15-16-17/h2-5,7H,6,8,13H2,1H3,(H,14,18). The van der Waals surface area contributed by atoms with Crippen molar-refractivity contribution in [2.75, 3.05) is 12.4 Å². The van der Waals surface area contributed by atoms with Gasteiger partial charge < -0.3 is 15.8 Å². The lowest BCUT2D eigenvalue weighted by Gasteiger charge is -2.06. The Balaban J connectivity index is 1.96. The van der Waals surface area contributed by atoms with E-state index in [4.69, 9.17) is 10.5 Å². The van der Waals surface area contributed by atoms with Gasteiger partial charge in [0.05, 0.1) is 19.0 Å². The first kappa shape index (κ1) is 13.0. The molecular weight excluding hydrogens is 246 g/mol. The SMILES string of the molecule is COc1cccc(NC(=O)Cn2cc(CN)nn2)c1. The molecule has 19 heavy (non-hydrogen) atoms. The van der Waals surface area contributed by atoms with Crippen LogP contribution in [0.25, 0.3) is 0 Å². The zero-order valence-corrected chi connectivity index (χ0v) is 10.5. The Hall–Kier alpha value is -2.41. The molecule has 2 rings (SSSR count). The Morgan fingerprint density at radius 2 is 2.37 bits per heavy atom. The smallest absolute Gasteiger partial charge is 0.246 e. The van der Waals surface area contributed by atoms with Crippen LogP contribution in [-0.2, 0) is 17.9 Å². The van der Waals surface area contributed by atoms with E-state index in [-0.39, 0.29) is 12.5 Å². The third-order valence-corrected chi connectivity index (χ3v) is 2.45. The second-order valence-corrected chi connectivity index (χ2v) is 3.89. The highest BCUT2D eigenvalue weighted by Gasteiger charge is 2.06. The zero-order valence-electron chi connectivity index (χ0n) is 10.5. The summed E-state index contributed by atoms with van der Waals surface area (Å²) in [5, 5.41) is 10.4. The molecule has 2 aromatic rings. The van der Waals surface area contributed by atoms with Crippen LogP contribution in [0.1, 0.15) is 5.69 Å². The van der Waals surface area contributed by atoms with Gasteiger partial charge in [-0.3, -0.25) is 4.79 Å². The summed E-state index contributed by atoms with van der Waals surface area (Å²) in [5.74, 6) is 0.491. The minimum absolute atomic E-state index is 0.0875. The first-order chi connectivity index (χ1) is 9.21. The van der Waals surface area contributed by atoms with Gasteiger partial charge in [0.25, 0.3) is 0 Å². The summed E-state index contributed by atoms with van der Waals surface area (Å²) >= 11 is 0. The molecule has 3 N–H and O–H groups in total. The van der Waals surface area contributed by atoms with Crippen LogP contribution in [0.2, 0.25) is 0 Å². The van der Waals surface area contributed by atoms with Gasteiger partial charge in [0.15, 0.2) is 0 Å². The van der Waals surface area contributed by atoms with Gasteiger partial charge in [-0.25, -0.2) is 4.68 Å². The number of nitrogens with one attached hydrogen (secondary N) is 1. The maximum atomic E-state index is 11.8. The van der Waals surface area contributed by atoms with E-state index in [0.717, 1.165) is 0 Å². The van der Waals surface area contributed by atoms with Gasteiger partial charge in [-0.15, -0.1) is 5.10 Å². The van der Waals surface area contributed by atoms with Crippen molar-refractivity contribution in [2.45, 2.75) is 13.1 Å². The van der Waals surface area contributed by atoms with Crippen LogP contribution in [0.5, 0.6) is 5.75 Å². The van der Waals surface area contributed by atoms with Gasteiger partial charge in [-0.2, -0.15) is 0 Å². The number of nitrogens with zero attached hydrogens (tertiary/aromatic N) is 3. The van der Waals surface area contributed by atoms with Crippen LogP contribution in [0.15, 0.2) is 30.5 Å². The Kier molecular flexibility index (Phi) is 4.09. The average Bonchev–Trinajstić information content (AvgIpc) is 2.86. The van der Waals surface area contributed by atoms with Crippen molar-refractivity contribution in [2.24, 2.45) is 5.73 Å². The van der Waals surface area contributed by atoms with Gasteiger partial charge in [0.1, 0.15) is 12.3 Å². The molecule has 0 fully saturated rings. The number of benzene rings is 1.